The summed E-state index contributed by atoms with van der Waals surface area (Å²) in [5.74, 6) is 1.32. The molecule has 1 saturated heterocycles. The lowest BCUT2D eigenvalue weighted by molar-refractivity contribution is -0.142. The van der Waals surface area contributed by atoms with Gasteiger partial charge in [0, 0.05) is 44.6 Å². The molecule has 0 amide bonds. The van der Waals surface area contributed by atoms with Crippen LogP contribution in [0.2, 0.25) is 0 Å². The smallest absolute Gasteiger partial charge is 0.306 e. The third-order valence-electron chi connectivity index (χ3n) is 4.65. The van der Waals surface area contributed by atoms with Crippen molar-refractivity contribution in [2.45, 2.75) is 19.8 Å². The van der Waals surface area contributed by atoms with Crippen molar-refractivity contribution in [1.29, 1.82) is 0 Å². The van der Waals surface area contributed by atoms with Crippen LogP contribution in [0.25, 0.3) is 0 Å². The molecule has 0 unspecified atom stereocenters. The normalized spacial score (nSPS) is 15.0. The van der Waals surface area contributed by atoms with Crippen molar-refractivity contribution >= 4 is 29.0 Å². The van der Waals surface area contributed by atoms with Crippen LogP contribution >= 0.6 is 0 Å². The highest BCUT2D eigenvalue weighted by Gasteiger charge is 2.25. The van der Waals surface area contributed by atoms with Crippen molar-refractivity contribution in [2.24, 2.45) is 5.92 Å². The predicted molar refractivity (Wildman–Crippen MR) is 103 cm³/mol. The average molecular weight is 355 g/mol. The van der Waals surface area contributed by atoms with E-state index >= 15 is 0 Å². The predicted octanol–water partition coefficient (Wildman–Crippen LogP) is 2.90. The first-order chi connectivity index (χ1) is 12.4. The number of carboxylic acid groups (broad SMARTS) is 1. The number of aryl methyl sites for hydroxylation is 1. The summed E-state index contributed by atoms with van der Waals surface area (Å²) < 4.78 is 0. The van der Waals surface area contributed by atoms with Crippen LogP contribution in [0.3, 0.4) is 0 Å². The average Bonchev–Trinajstić information content (AvgIpc) is 2.61. The molecule has 0 saturated carbocycles. The topological polar surface area (TPSA) is 81.6 Å². The number of nitrogens with one attached hydrogen (secondary N) is 1. The lowest BCUT2D eigenvalue weighted by atomic mass is 9.97. The van der Waals surface area contributed by atoms with Gasteiger partial charge in [0.2, 0.25) is 0 Å². The molecule has 0 atom stereocenters. The molecule has 0 radical (unpaired) electrons. The molecule has 1 fully saturated rings. The molecule has 1 aromatic carbocycles. The fourth-order valence-electron chi connectivity index (χ4n) is 3.12. The standard InChI is InChI=1S/C19H25N5O2/c1-13-20-17(22-15-4-6-16(7-5-15)23(2)3)12-18(21-13)24-10-8-14(9-11-24)19(25)26/h4-7,12,14H,8-11H2,1-3H3,(H,25,26)(H,20,21,22). The third-order valence-corrected chi connectivity index (χ3v) is 4.65. The van der Waals surface area contributed by atoms with Gasteiger partial charge in [-0.25, -0.2) is 9.97 Å². The maximum Gasteiger partial charge on any atom is 0.306 e. The van der Waals surface area contributed by atoms with Crippen molar-refractivity contribution in [3.05, 3.63) is 36.2 Å². The van der Waals surface area contributed by atoms with Crippen molar-refractivity contribution in [3.8, 4) is 0 Å². The van der Waals surface area contributed by atoms with Crippen molar-refractivity contribution in [3.63, 3.8) is 0 Å². The summed E-state index contributed by atoms with van der Waals surface area (Å²) >= 11 is 0. The van der Waals surface area contributed by atoms with E-state index in [9.17, 15) is 4.79 Å². The van der Waals surface area contributed by atoms with Crippen LogP contribution in [0.4, 0.5) is 23.0 Å². The Kier molecular flexibility index (Phi) is 5.25. The molecule has 1 aliphatic heterocycles. The number of aromatic nitrogens is 2. The Morgan fingerprint density at radius 3 is 2.42 bits per heavy atom. The Labute approximate surface area is 153 Å². The van der Waals surface area contributed by atoms with Gasteiger partial charge in [0.15, 0.2) is 0 Å². The monoisotopic (exact) mass is 355 g/mol. The number of carboxylic acids is 1. The van der Waals surface area contributed by atoms with E-state index in [1.165, 1.54) is 0 Å². The van der Waals surface area contributed by atoms with E-state index in [1.54, 1.807) is 0 Å². The fourth-order valence-corrected chi connectivity index (χ4v) is 3.12. The number of piperidine rings is 1. The first-order valence-corrected chi connectivity index (χ1v) is 8.80. The largest absolute Gasteiger partial charge is 0.481 e. The summed E-state index contributed by atoms with van der Waals surface area (Å²) in [6, 6.07) is 10.1. The second kappa shape index (κ2) is 7.59. The summed E-state index contributed by atoms with van der Waals surface area (Å²) in [7, 11) is 4.02. The van der Waals surface area contributed by atoms with Gasteiger partial charge in [0.1, 0.15) is 17.5 Å². The second-order valence-corrected chi connectivity index (χ2v) is 6.82. The number of nitrogens with zero attached hydrogens (tertiary/aromatic N) is 4. The van der Waals surface area contributed by atoms with E-state index < -0.39 is 5.97 Å². The Bertz CT molecular complexity index is 768. The number of benzene rings is 1. The van der Waals surface area contributed by atoms with E-state index in [0.29, 0.717) is 31.8 Å². The van der Waals surface area contributed by atoms with Crippen LogP contribution < -0.4 is 15.1 Å². The minimum absolute atomic E-state index is 0.248. The van der Waals surface area contributed by atoms with Gasteiger partial charge in [0.25, 0.3) is 0 Å². The van der Waals surface area contributed by atoms with Crippen LogP contribution in [0.15, 0.2) is 30.3 Å². The summed E-state index contributed by atoms with van der Waals surface area (Å²) in [6.07, 6.45) is 1.29. The highest BCUT2D eigenvalue weighted by Crippen LogP contribution is 2.25. The lowest BCUT2D eigenvalue weighted by Gasteiger charge is -2.31. The van der Waals surface area contributed by atoms with E-state index in [2.05, 4.69) is 25.1 Å². The summed E-state index contributed by atoms with van der Waals surface area (Å²) in [5.41, 5.74) is 2.10. The van der Waals surface area contributed by atoms with Gasteiger partial charge in [-0.1, -0.05) is 0 Å². The number of carbonyl (C=O) groups is 1. The Morgan fingerprint density at radius 1 is 1.19 bits per heavy atom. The quantitative estimate of drug-likeness (QED) is 0.853. The summed E-state index contributed by atoms with van der Waals surface area (Å²) in [4.78, 5) is 24.3. The lowest BCUT2D eigenvalue weighted by Crippen LogP contribution is -2.36. The number of hydrogen-bond donors (Lipinski definition) is 2. The molecule has 0 spiro atoms. The molecule has 2 heterocycles. The van der Waals surface area contributed by atoms with Gasteiger partial charge in [0.05, 0.1) is 5.92 Å². The Morgan fingerprint density at radius 2 is 1.85 bits per heavy atom. The maximum absolute atomic E-state index is 11.1. The summed E-state index contributed by atoms with van der Waals surface area (Å²) in [5, 5.41) is 12.5. The highest BCUT2D eigenvalue weighted by atomic mass is 16.4. The van der Waals surface area contributed by atoms with Crippen LogP contribution in [0, 0.1) is 12.8 Å². The SMILES string of the molecule is Cc1nc(Nc2ccc(N(C)C)cc2)cc(N2CCC(C(=O)O)CC2)n1. The molecular weight excluding hydrogens is 330 g/mol. The van der Waals surface area contributed by atoms with Gasteiger partial charge >= 0.3 is 5.97 Å². The van der Waals surface area contributed by atoms with E-state index in [-0.39, 0.29) is 5.92 Å². The number of aliphatic carboxylic acids is 1. The van der Waals surface area contributed by atoms with Gasteiger partial charge in [-0.2, -0.15) is 0 Å². The van der Waals surface area contributed by atoms with E-state index in [4.69, 9.17) is 5.11 Å². The number of anilines is 4. The zero-order chi connectivity index (χ0) is 18.7. The zero-order valence-corrected chi connectivity index (χ0v) is 15.4. The molecule has 3 rings (SSSR count). The second-order valence-electron chi connectivity index (χ2n) is 6.82. The minimum atomic E-state index is -0.702. The summed E-state index contributed by atoms with van der Waals surface area (Å²) in [6.45, 7) is 3.27. The molecular formula is C19H25N5O2. The minimum Gasteiger partial charge on any atom is -0.481 e. The van der Waals surface area contributed by atoms with Crippen LogP contribution in [0.5, 0.6) is 0 Å². The van der Waals surface area contributed by atoms with Gasteiger partial charge < -0.3 is 20.2 Å². The van der Waals surface area contributed by atoms with E-state index in [0.717, 1.165) is 23.0 Å². The van der Waals surface area contributed by atoms with Gasteiger partial charge in [-0.15, -0.1) is 0 Å². The molecule has 0 aliphatic carbocycles. The number of rotatable bonds is 5. The van der Waals surface area contributed by atoms with E-state index in [1.807, 2.05) is 51.4 Å². The van der Waals surface area contributed by atoms with Gasteiger partial charge in [-0.3, -0.25) is 4.79 Å². The van der Waals surface area contributed by atoms with Crippen molar-refractivity contribution in [2.75, 3.05) is 42.3 Å². The molecule has 138 valence electrons. The molecule has 26 heavy (non-hydrogen) atoms. The Hall–Kier alpha value is -2.83. The molecule has 7 heteroatoms. The zero-order valence-electron chi connectivity index (χ0n) is 15.4. The maximum atomic E-state index is 11.1. The molecule has 1 aromatic heterocycles. The van der Waals surface area contributed by atoms with Crippen LogP contribution in [-0.4, -0.2) is 48.2 Å². The molecule has 1 aliphatic rings. The molecule has 2 aromatic rings. The number of hydrogen-bond acceptors (Lipinski definition) is 6. The molecule has 2 N–H and O–H groups in total. The molecule has 7 nitrogen and oxygen atoms in total. The fraction of sp³-hybridized carbons (Fsp3) is 0.421. The van der Waals surface area contributed by atoms with Crippen molar-refractivity contribution < 1.29 is 9.90 Å². The first-order valence-electron chi connectivity index (χ1n) is 8.80. The van der Waals surface area contributed by atoms with Crippen LogP contribution in [0.1, 0.15) is 18.7 Å². The van der Waals surface area contributed by atoms with Gasteiger partial charge in [-0.05, 0) is 44.0 Å². The Balaban J connectivity index is 1.72. The first kappa shape index (κ1) is 18.0. The van der Waals surface area contributed by atoms with Crippen LogP contribution in [-0.2, 0) is 4.79 Å². The highest BCUT2D eigenvalue weighted by molar-refractivity contribution is 5.70. The van der Waals surface area contributed by atoms with Crippen molar-refractivity contribution in [1.82, 2.24) is 9.97 Å². The third kappa shape index (κ3) is 4.22. The molecule has 0 bridgehead atoms.